The summed E-state index contributed by atoms with van der Waals surface area (Å²) in [6, 6.07) is 8.24. The number of urea groups is 1. The second-order valence-corrected chi connectivity index (χ2v) is 9.86. The number of carbonyl (C=O) groups is 1. The molecule has 152 valence electrons. The molecule has 1 aromatic carbocycles. The summed E-state index contributed by atoms with van der Waals surface area (Å²) in [5, 5.41) is 12.3. The highest BCUT2D eigenvalue weighted by Crippen LogP contribution is 2.29. The fourth-order valence-corrected chi connectivity index (χ4v) is 5.75. The van der Waals surface area contributed by atoms with E-state index in [9.17, 15) is 18.5 Å². The lowest BCUT2D eigenvalue weighted by molar-refractivity contribution is 0.156. The van der Waals surface area contributed by atoms with Crippen LogP contribution in [-0.4, -0.2) is 55.9 Å². The Kier molecular flexibility index (Phi) is 6.26. The van der Waals surface area contributed by atoms with Crippen LogP contribution in [0.5, 0.6) is 0 Å². The average molecular weight is 405 g/mol. The molecule has 3 unspecified atom stereocenters. The van der Waals surface area contributed by atoms with Crippen molar-refractivity contribution in [3.05, 3.63) is 29.8 Å². The Hall–Kier alpha value is -2.11. The number of hydrogen-bond donors (Lipinski definition) is 1. The lowest BCUT2D eigenvalue weighted by Crippen LogP contribution is -2.55. The van der Waals surface area contributed by atoms with Crippen molar-refractivity contribution < 1.29 is 13.2 Å². The lowest BCUT2D eigenvalue weighted by Gasteiger charge is -2.37. The van der Waals surface area contributed by atoms with Gasteiger partial charge >= 0.3 is 6.03 Å². The first kappa shape index (κ1) is 20.6. The normalized spacial score (nSPS) is 26.5. The van der Waals surface area contributed by atoms with E-state index in [-0.39, 0.29) is 35.6 Å². The summed E-state index contributed by atoms with van der Waals surface area (Å²) in [6.45, 7) is 5.57. The first-order valence-electron chi connectivity index (χ1n) is 9.87. The van der Waals surface area contributed by atoms with Gasteiger partial charge in [-0.2, -0.15) is 9.57 Å². The van der Waals surface area contributed by atoms with Gasteiger partial charge in [-0.05, 0) is 43.2 Å². The van der Waals surface area contributed by atoms with E-state index in [1.807, 2.05) is 6.07 Å². The van der Waals surface area contributed by atoms with Gasteiger partial charge in [-0.3, -0.25) is 0 Å². The van der Waals surface area contributed by atoms with Crippen molar-refractivity contribution in [3.63, 3.8) is 0 Å². The summed E-state index contributed by atoms with van der Waals surface area (Å²) in [5.41, 5.74) is 0.142. The zero-order chi connectivity index (χ0) is 20.3. The van der Waals surface area contributed by atoms with Crippen LogP contribution in [-0.2, 0) is 10.0 Å². The van der Waals surface area contributed by atoms with E-state index >= 15 is 0 Å². The van der Waals surface area contributed by atoms with Gasteiger partial charge in [0.05, 0.1) is 10.5 Å². The van der Waals surface area contributed by atoms with Crippen LogP contribution in [0.25, 0.3) is 0 Å². The highest BCUT2D eigenvalue weighted by molar-refractivity contribution is 7.89. The fourth-order valence-electron chi connectivity index (χ4n) is 4.18. The zero-order valence-electron chi connectivity index (χ0n) is 16.5. The predicted molar refractivity (Wildman–Crippen MR) is 106 cm³/mol. The monoisotopic (exact) mass is 404 g/mol. The van der Waals surface area contributed by atoms with Crippen LogP contribution in [0.2, 0.25) is 0 Å². The Morgan fingerprint density at radius 2 is 1.82 bits per heavy atom. The molecule has 3 rings (SSSR count). The minimum absolute atomic E-state index is 0.0283. The molecule has 28 heavy (non-hydrogen) atoms. The molecule has 1 heterocycles. The summed E-state index contributed by atoms with van der Waals surface area (Å²) < 4.78 is 27.1. The van der Waals surface area contributed by atoms with Crippen molar-refractivity contribution in [3.8, 4) is 6.07 Å². The maximum Gasteiger partial charge on any atom is 0.317 e. The van der Waals surface area contributed by atoms with Crippen molar-refractivity contribution in [2.45, 2.75) is 44.0 Å². The van der Waals surface area contributed by atoms with Crippen LogP contribution in [0.1, 0.15) is 38.7 Å². The van der Waals surface area contributed by atoms with Gasteiger partial charge in [0.1, 0.15) is 6.07 Å². The second-order valence-electron chi connectivity index (χ2n) is 7.95. The standard InChI is InChI=1S/C20H28N4O3S/c1-15-7-8-18(16(2)13-15)22-20(25)23-9-11-24(12-10-23)28(26,27)19-6-4-3-5-17(19)14-21/h3-6,15-16,18H,7-13H2,1-2H3,(H,22,25). The number of nitrogens with zero attached hydrogens (tertiary/aromatic N) is 3. The van der Waals surface area contributed by atoms with Gasteiger partial charge in [-0.25, -0.2) is 13.2 Å². The largest absolute Gasteiger partial charge is 0.335 e. The Labute approximate surface area is 167 Å². The van der Waals surface area contributed by atoms with Crippen LogP contribution in [0.3, 0.4) is 0 Å². The molecule has 1 aromatic rings. The topological polar surface area (TPSA) is 93.5 Å². The summed E-state index contributed by atoms with van der Waals surface area (Å²) in [5.74, 6) is 1.16. The molecule has 3 atom stereocenters. The molecular weight excluding hydrogens is 376 g/mol. The number of carbonyl (C=O) groups excluding carboxylic acids is 1. The zero-order valence-corrected chi connectivity index (χ0v) is 17.3. The molecule has 7 nitrogen and oxygen atoms in total. The van der Waals surface area contributed by atoms with Crippen LogP contribution in [0, 0.1) is 23.2 Å². The minimum atomic E-state index is -3.74. The highest BCUT2D eigenvalue weighted by Gasteiger charge is 2.33. The summed E-state index contributed by atoms with van der Waals surface area (Å²) in [4.78, 5) is 14.3. The molecule has 0 bridgehead atoms. The van der Waals surface area contributed by atoms with Crippen molar-refractivity contribution in [2.24, 2.45) is 11.8 Å². The number of hydrogen-bond acceptors (Lipinski definition) is 4. The van der Waals surface area contributed by atoms with E-state index in [1.54, 1.807) is 17.0 Å². The molecule has 2 amide bonds. The number of rotatable bonds is 3. The Balaban J connectivity index is 1.60. The first-order chi connectivity index (χ1) is 13.3. The Morgan fingerprint density at radius 3 is 2.46 bits per heavy atom. The van der Waals surface area contributed by atoms with Crippen LogP contribution in [0.4, 0.5) is 4.79 Å². The molecule has 0 spiro atoms. The Bertz CT molecular complexity index is 856. The molecule has 0 radical (unpaired) electrons. The third-order valence-electron chi connectivity index (χ3n) is 5.89. The van der Waals surface area contributed by atoms with Crippen molar-refractivity contribution in [2.75, 3.05) is 26.2 Å². The average Bonchev–Trinajstić information content (AvgIpc) is 2.70. The minimum Gasteiger partial charge on any atom is -0.335 e. The molecular formula is C20H28N4O3S. The fraction of sp³-hybridized carbons (Fsp3) is 0.600. The van der Waals surface area contributed by atoms with Crippen molar-refractivity contribution in [1.29, 1.82) is 5.26 Å². The third-order valence-corrected chi connectivity index (χ3v) is 7.85. The number of piperazine rings is 1. The van der Waals surface area contributed by atoms with E-state index in [4.69, 9.17) is 0 Å². The lowest BCUT2D eigenvalue weighted by atomic mass is 9.80. The number of sulfonamides is 1. The van der Waals surface area contributed by atoms with Crippen LogP contribution >= 0.6 is 0 Å². The van der Waals surface area contributed by atoms with Gasteiger partial charge < -0.3 is 10.2 Å². The van der Waals surface area contributed by atoms with E-state index < -0.39 is 10.0 Å². The molecule has 0 aromatic heterocycles. The van der Waals surface area contributed by atoms with Gasteiger partial charge in [0, 0.05) is 32.2 Å². The molecule has 1 aliphatic carbocycles. The SMILES string of the molecule is CC1CCC(NC(=O)N2CCN(S(=O)(=O)c3ccccc3C#N)CC2)C(C)C1. The van der Waals surface area contributed by atoms with Gasteiger partial charge in [-0.1, -0.05) is 26.0 Å². The molecule has 2 aliphatic rings. The van der Waals surface area contributed by atoms with Crippen molar-refractivity contribution in [1.82, 2.24) is 14.5 Å². The predicted octanol–water partition coefficient (Wildman–Crippen LogP) is 2.40. The molecule has 1 aliphatic heterocycles. The Morgan fingerprint density at radius 1 is 1.14 bits per heavy atom. The number of nitriles is 1. The molecule has 1 saturated heterocycles. The van der Waals surface area contributed by atoms with Gasteiger partial charge in [0.2, 0.25) is 10.0 Å². The summed E-state index contributed by atoms with van der Waals surface area (Å²) >= 11 is 0. The van der Waals surface area contributed by atoms with E-state index in [1.165, 1.54) is 16.4 Å². The summed E-state index contributed by atoms with van der Waals surface area (Å²) in [6.07, 6.45) is 3.24. The quantitative estimate of drug-likeness (QED) is 0.837. The number of benzene rings is 1. The third kappa shape index (κ3) is 4.31. The molecule has 1 N–H and O–H groups in total. The smallest absolute Gasteiger partial charge is 0.317 e. The highest BCUT2D eigenvalue weighted by atomic mass is 32.2. The van der Waals surface area contributed by atoms with E-state index in [0.717, 1.165) is 19.3 Å². The maximum atomic E-state index is 12.9. The van der Waals surface area contributed by atoms with E-state index in [0.29, 0.717) is 24.9 Å². The number of nitrogens with one attached hydrogen (secondary N) is 1. The van der Waals surface area contributed by atoms with Crippen LogP contribution < -0.4 is 5.32 Å². The van der Waals surface area contributed by atoms with Crippen LogP contribution in [0.15, 0.2) is 29.2 Å². The van der Waals surface area contributed by atoms with Gasteiger partial charge in [-0.15, -0.1) is 0 Å². The summed E-state index contributed by atoms with van der Waals surface area (Å²) in [7, 11) is -3.74. The van der Waals surface area contributed by atoms with Gasteiger partial charge in [0.25, 0.3) is 0 Å². The molecule has 8 heteroatoms. The van der Waals surface area contributed by atoms with Crippen molar-refractivity contribution >= 4 is 16.1 Å². The molecule has 1 saturated carbocycles. The second kappa shape index (κ2) is 8.50. The number of amides is 2. The first-order valence-corrected chi connectivity index (χ1v) is 11.3. The van der Waals surface area contributed by atoms with Gasteiger partial charge in [0.15, 0.2) is 0 Å². The molecule has 2 fully saturated rings. The van der Waals surface area contributed by atoms with E-state index in [2.05, 4.69) is 19.2 Å². The maximum absolute atomic E-state index is 12.9.